The van der Waals surface area contributed by atoms with Gasteiger partial charge in [0, 0.05) is 19.0 Å². The van der Waals surface area contributed by atoms with E-state index in [-0.39, 0.29) is 6.09 Å². The summed E-state index contributed by atoms with van der Waals surface area (Å²) >= 11 is 0. The summed E-state index contributed by atoms with van der Waals surface area (Å²) in [6.07, 6.45) is 2.15. The van der Waals surface area contributed by atoms with Gasteiger partial charge in [0.05, 0.1) is 0 Å². The van der Waals surface area contributed by atoms with Crippen LogP contribution in [0.15, 0.2) is 12.2 Å². The number of likely N-dealkylation sites (tertiary alicyclic amines) is 1. The summed E-state index contributed by atoms with van der Waals surface area (Å²) < 4.78 is 5.38. The van der Waals surface area contributed by atoms with Crippen molar-refractivity contribution in [3.8, 4) is 0 Å². The molecule has 0 bridgehead atoms. The van der Waals surface area contributed by atoms with E-state index in [0.717, 1.165) is 19.5 Å². The molecule has 3 heteroatoms. The van der Waals surface area contributed by atoms with E-state index in [4.69, 9.17) is 4.74 Å². The molecule has 2 fully saturated rings. The Bertz CT molecular complexity index is 316. The number of rotatable bonds is 0. The van der Waals surface area contributed by atoms with Gasteiger partial charge in [-0.25, -0.2) is 4.79 Å². The Labute approximate surface area is 97.5 Å². The van der Waals surface area contributed by atoms with E-state index < -0.39 is 5.60 Å². The Balaban J connectivity index is 1.94. The lowest BCUT2D eigenvalue weighted by molar-refractivity contribution is 0.0283. The maximum absolute atomic E-state index is 11.9. The Hall–Kier alpha value is -0.990. The summed E-state index contributed by atoms with van der Waals surface area (Å²) in [7, 11) is 0. The van der Waals surface area contributed by atoms with Crippen molar-refractivity contribution < 1.29 is 9.53 Å². The summed E-state index contributed by atoms with van der Waals surface area (Å²) in [6, 6.07) is 0. The average molecular weight is 223 g/mol. The van der Waals surface area contributed by atoms with Gasteiger partial charge in [-0.1, -0.05) is 12.2 Å². The van der Waals surface area contributed by atoms with Crippen LogP contribution in [0.25, 0.3) is 0 Å². The van der Waals surface area contributed by atoms with E-state index in [1.807, 2.05) is 25.7 Å². The molecule has 0 radical (unpaired) electrons. The normalized spacial score (nSPS) is 29.4. The Morgan fingerprint density at radius 2 is 2.12 bits per heavy atom. The van der Waals surface area contributed by atoms with Gasteiger partial charge >= 0.3 is 6.09 Å². The van der Waals surface area contributed by atoms with Crippen LogP contribution in [-0.2, 0) is 4.74 Å². The number of ether oxygens (including phenoxy) is 1. The van der Waals surface area contributed by atoms with Crippen LogP contribution in [0.1, 0.15) is 33.6 Å². The van der Waals surface area contributed by atoms with Gasteiger partial charge in [0.15, 0.2) is 0 Å². The summed E-state index contributed by atoms with van der Waals surface area (Å²) in [5, 5.41) is 0. The standard InChI is InChI=1S/C13H21NO2/c1-9-5-6-10-7-14(8-11(9)10)12(15)16-13(2,3)4/h10-11H,1,5-8H2,2-4H3/t10-,11-/m1/s1. The van der Waals surface area contributed by atoms with Crippen molar-refractivity contribution in [2.75, 3.05) is 13.1 Å². The third-order valence-electron chi connectivity index (χ3n) is 3.45. The zero-order valence-corrected chi connectivity index (χ0v) is 10.5. The van der Waals surface area contributed by atoms with Crippen LogP contribution in [0.5, 0.6) is 0 Å². The van der Waals surface area contributed by atoms with Gasteiger partial charge in [0.2, 0.25) is 0 Å². The number of hydrogen-bond acceptors (Lipinski definition) is 2. The molecule has 0 aromatic carbocycles. The molecule has 1 heterocycles. The fourth-order valence-corrected chi connectivity index (χ4v) is 2.66. The molecule has 1 saturated heterocycles. The van der Waals surface area contributed by atoms with Crippen LogP contribution in [0, 0.1) is 11.8 Å². The number of carbonyl (C=O) groups excluding carboxylic acids is 1. The van der Waals surface area contributed by atoms with Crippen molar-refractivity contribution >= 4 is 6.09 Å². The number of amides is 1. The third kappa shape index (κ3) is 2.23. The Kier molecular flexibility index (Phi) is 2.72. The molecule has 0 unspecified atom stereocenters. The minimum Gasteiger partial charge on any atom is -0.444 e. The van der Waals surface area contributed by atoms with Crippen LogP contribution < -0.4 is 0 Å². The second-order valence-corrected chi connectivity index (χ2v) is 5.95. The third-order valence-corrected chi connectivity index (χ3v) is 3.45. The largest absolute Gasteiger partial charge is 0.444 e. The SMILES string of the molecule is C=C1CC[C@@H]2CN(C(=O)OC(C)(C)C)C[C@H]12. The molecular weight excluding hydrogens is 202 g/mol. The van der Waals surface area contributed by atoms with E-state index in [9.17, 15) is 4.79 Å². The molecule has 2 aliphatic rings. The van der Waals surface area contributed by atoms with Gasteiger partial charge in [-0.05, 0) is 39.5 Å². The van der Waals surface area contributed by atoms with Gasteiger partial charge in [-0.3, -0.25) is 0 Å². The number of carbonyl (C=O) groups is 1. The highest BCUT2D eigenvalue weighted by molar-refractivity contribution is 5.68. The van der Waals surface area contributed by atoms with E-state index in [1.54, 1.807) is 0 Å². The van der Waals surface area contributed by atoms with Gasteiger partial charge in [0.1, 0.15) is 5.60 Å². The predicted molar refractivity (Wildman–Crippen MR) is 63.2 cm³/mol. The quantitative estimate of drug-likeness (QED) is 0.591. The first kappa shape index (κ1) is 11.5. The molecular formula is C13H21NO2. The van der Waals surface area contributed by atoms with Crippen LogP contribution in [-0.4, -0.2) is 29.7 Å². The highest BCUT2D eigenvalue weighted by Gasteiger charge is 2.41. The smallest absolute Gasteiger partial charge is 0.410 e. The predicted octanol–water partition coefficient (Wildman–Crippen LogP) is 2.82. The highest BCUT2D eigenvalue weighted by atomic mass is 16.6. The van der Waals surface area contributed by atoms with Gasteiger partial charge in [0.25, 0.3) is 0 Å². The second-order valence-electron chi connectivity index (χ2n) is 5.95. The lowest BCUT2D eigenvalue weighted by atomic mass is 9.98. The number of nitrogens with zero attached hydrogens (tertiary/aromatic N) is 1. The molecule has 1 amide bonds. The lowest BCUT2D eigenvalue weighted by Crippen LogP contribution is -2.35. The minimum absolute atomic E-state index is 0.172. The molecule has 1 aliphatic carbocycles. The van der Waals surface area contributed by atoms with Crippen LogP contribution in [0.2, 0.25) is 0 Å². The van der Waals surface area contributed by atoms with Crippen molar-refractivity contribution in [1.82, 2.24) is 4.90 Å². The summed E-state index contributed by atoms with van der Waals surface area (Å²) in [6.45, 7) is 11.4. The molecule has 1 saturated carbocycles. The van der Waals surface area contributed by atoms with Crippen molar-refractivity contribution in [2.45, 2.75) is 39.2 Å². The average Bonchev–Trinajstić information content (AvgIpc) is 2.65. The molecule has 2 rings (SSSR count). The lowest BCUT2D eigenvalue weighted by Gasteiger charge is -2.24. The van der Waals surface area contributed by atoms with Crippen molar-refractivity contribution in [3.63, 3.8) is 0 Å². The summed E-state index contributed by atoms with van der Waals surface area (Å²) in [4.78, 5) is 13.7. The Morgan fingerprint density at radius 1 is 1.44 bits per heavy atom. The molecule has 1 aliphatic heterocycles. The first-order valence-corrected chi connectivity index (χ1v) is 6.02. The Morgan fingerprint density at radius 3 is 2.69 bits per heavy atom. The molecule has 2 atom stereocenters. The minimum atomic E-state index is -0.397. The van der Waals surface area contributed by atoms with Crippen LogP contribution in [0.3, 0.4) is 0 Å². The second kappa shape index (κ2) is 3.79. The monoisotopic (exact) mass is 223 g/mol. The fourth-order valence-electron chi connectivity index (χ4n) is 2.66. The van der Waals surface area contributed by atoms with E-state index in [1.165, 1.54) is 12.0 Å². The first-order valence-electron chi connectivity index (χ1n) is 6.02. The molecule has 0 spiro atoms. The van der Waals surface area contributed by atoms with E-state index in [2.05, 4.69) is 6.58 Å². The molecule has 0 aromatic rings. The summed E-state index contributed by atoms with van der Waals surface area (Å²) in [5.74, 6) is 1.15. The van der Waals surface area contributed by atoms with Crippen LogP contribution >= 0.6 is 0 Å². The number of hydrogen-bond donors (Lipinski definition) is 0. The first-order chi connectivity index (χ1) is 7.37. The highest BCUT2D eigenvalue weighted by Crippen LogP contribution is 2.41. The van der Waals surface area contributed by atoms with Crippen molar-refractivity contribution in [1.29, 1.82) is 0 Å². The fraction of sp³-hybridized carbons (Fsp3) is 0.769. The molecule has 3 nitrogen and oxygen atoms in total. The topological polar surface area (TPSA) is 29.5 Å². The van der Waals surface area contributed by atoms with Gasteiger partial charge in [-0.2, -0.15) is 0 Å². The van der Waals surface area contributed by atoms with Crippen molar-refractivity contribution in [3.05, 3.63) is 12.2 Å². The molecule has 90 valence electrons. The van der Waals surface area contributed by atoms with E-state index in [0.29, 0.717) is 11.8 Å². The maximum Gasteiger partial charge on any atom is 0.410 e. The van der Waals surface area contributed by atoms with Gasteiger partial charge in [-0.15, -0.1) is 0 Å². The zero-order valence-electron chi connectivity index (χ0n) is 10.5. The van der Waals surface area contributed by atoms with E-state index >= 15 is 0 Å². The van der Waals surface area contributed by atoms with Gasteiger partial charge < -0.3 is 9.64 Å². The molecule has 0 N–H and O–H groups in total. The van der Waals surface area contributed by atoms with Crippen LogP contribution in [0.4, 0.5) is 4.79 Å². The number of fused-ring (bicyclic) bond motifs is 1. The van der Waals surface area contributed by atoms with Crippen molar-refractivity contribution in [2.24, 2.45) is 11.8 Å². The molecule has 0 aromatic heterocycles. The maximum atomic E-state index is 11.9. The molecule has 16 heavy (non-hydrogen) atoms. The summed E-state index contributed by atoms with van der Waals surface area (Å²) in [5.41, 5.74) is 0.919. The zero-order chi connectivity index (χ0) is 11.9.